The molecule has 0 unspecified atom stereocenters. The van der Waals surface area contributed by atoms with Crippen molar-refractivity contribution < 1.29 is 18.1 Å². The number of hydrogen-bond donors (Lipinski definition) is 1. The van der Waals surface area contributed by atoms with Gasteiger partial charge in [0, 0.05) is 10.8 Å². The van der Waals surface area contributed by atoms with Crippen molar-refractivity contribution in [1.29, 1.82) is 0 Å². The Hall–Kier alpha value is -1.30. The Balaban J connectivity index is 3.02. The Bertz CT molecular complexity index is 664. The van der Waals surface area contributed by atoms with Gasteiger partial charge in [0.05, 0.1) is 5.02 Å². The molecule has 0 saturated heterocycles. The predicted octanol–water partition coefficient (Wildman–Crippen LogP) is 2.88. The molecule has 0 amide bonds. The highest BCUT2D eigenvalue weighted by Crippen LogP contribution is 2.36. The summed E-state index contributed by atoms with van der Waals surface area (Å²) in [4.78, 5) is -0.354. The molecule has 6 heteroatoms. The van der Waals surface area contributed by atoms with Gasteiger partial charge < -0.3 is 0 Å². The number of halogens is 1. The second kappa shape index (κ2) is 3.62. The molecule has 1 radical (unpaired) electrons. The minimum Gasteiger partial charge on any atom is -0.288 e. The predicted molar refractivity (Wildman–Crippen MR) is 58.9 cm³/mol. The van der Waals surface area contributed by atoms with Crippen LogP contribution in [-0.2, 0) is 15.2 Å². The molecular formula is C10H6ClO4S. The topological polar surface area (TPSA) is 74.3 Å². The third-order valence-corrected chi connectivity index (χ3v) is 3.36. The fourth-order valence-electron chi connectivity index (χ4n) is 1.50. The van der Waals surface area contributed by atoms with Gasteiger partial charge in [0.25, 0.3) is 10.1 Å². The maximum Gasteiger partial charge on any atom is 0.295 e. The fourth-order valence-corrected chi connectivity index (χ4v) is 2.49. The molecule has 0 saturated carbocycles. The molecule has 0 aromatic heterocycles. The summed E-state index contributed by atoms with van der Waals surface area (Å²) in [7, 11) is -4.39. The van der Waals surface area contributed by atoms with Crippen molar-refractivity contribution in [1.82, 2.24) is 0 Å². The molecule has 0 aliphatic heterocycles. The first-order chi connectivity index (χ1) is 7.41. The van der Waals surface area contributed by atoms with E-state index in [-0.39, 0.29) is 20.7 Å². The Kier molecular flexibility index (Phi) is 2.53. The van der Waals surface area contributed by atoms with Crippen molar-refractivity contribution in [3.8, 4) is 5.75 Å². The molecule has 0 atom stereocenters. The van der Waals surface area contributed by atoms with Crippen molar-refractivity contribution >= 4 is 32.5 Å². The molecule has 16 heavy (non-hydrogen) atoms. The lowest BCUT2D eigenvalue weighted by molar-refractivity contribution is 0.360. The van der Waals surface area contributed by atoms with Crippen molar-refractivity contribution in [2.75, 3.05) is 0 Å². The lowest BCUT2D eigenvalue weighted by atomic mass is 10.1. The molecule has 83 valence electrons. The van der Waals surface area contributed by atoms with Crippen LogP contribution in [-0.4, -0.2) is 13.0 Å². The lowest BCUT2D eigenvalue weighted by Crippen LogP contribution is -1.99. The smallest absolute Gasteiger partial charge is 0.288 e. The summed E-state index contributed by atoms with van der Waals surface area (Å²) in [6.45, 7) is 0. The quantitative estimate of drug-likeness (QED) is 0.798. The second-order valence-corrected chi connectivity index (χ2v) is 5.00. The van der Waals surface area contributed by atoms with Gasteiger partial charge in [-0.1, -0.05) is 35.9 Å². The molecule has 0 spiro atoms. The van der Waals surface area contributed by atoms with Crippen LogP contribution in [0.1, 0.15) is 0 Å². The zero-order valence-electron chi connectivity index (χ0n) is 7.84. The molecule has 0 heterocycles. The first kappa shape index (κ1) is 11.2. The van der Waals surface area contributed by atoms with Gasteiger partial charge in [0.2, 0.25) is 5.75 Å². The average Bonchev–Trinajstić information content (AvgIpc) is 2.22. The van der Waals surface area contributed by atoms with Crippen LogP contribution < -0.4 is 0 Å². The molecular weight excluding hydrogens is 252 g/mol. The molecule has 0 aliphatic carbocycles. The van der Waals surface area contributed by atoms with E-state index in [0.29, 0.717) is 0 Å². The molecule has 2 rings (SSSR count). The molecule has 0 fully saturated rings. The van der Waals surface area contributed by atoms with Crippen molar-refractivity contribution in [3.05, 3.63) is 35.4 Å². The summed E-state index contributed by atoms with van der Waals surface area (Å²) >= 11 is 5.61. The van der Waals surface area contributed by atoms with E-state index < -0.39 is 15.9 Å². The van der Waals surface area contributed by atoms with Crippen molar-refractivity contribution in [3.63, 3.8) is 0 Å². The monoisotopic (exact) mass is 257 g/mol. The normalized spacial score (nSPS) is 11.9. The summed E-state index contributed by atoms with van der Waals surface area (Å²) in [6, 6.07) is 7.02. The summed E-state index contributed by atoms with van der Waals surface area (Å²) in [6.07, 6.45) is 0. The van der Waals surface area contributed by atoms with Gasteiger partial charge in [-0.25, -0.2) is 0 Å². The van der Waals surface area contributed by atoms with E-state index >= 15 is 0 Å². The van der Waals surface area contributed by atoms with Gasteiger partial charge in [0.15, 0.2) is 0 Å². The van der Waals surface area contributed by atoms with Crippen molar-refractivity contribution in [2.24, 2.45) is 0 Å². The zero-order valence-corrected chi connectivity index (χ0v) is 9.42. The fraction of sp³-hybridized carbons (Fsp3) is 0. The first-order valence-corrected chi connectivity index (χ1v) is 6.09. The SMILES string of the molecule is [O]c1c(Cl)cc(S(=O)(=O)O)c2ccccc12. The van der Waals surface area contributed by atoms with E-state index in [2.05, 4.69) is 0 Å². The van der Waals surface area contributed by atoms with E-state index in [1.54, 1.807) is 12.1 Å². The molecule has 2 aromatic carbocycles. The highest BCUT2D eigenvalue weighted by Gasteiger charge is 2.18. The minimum atomic E-state index is -4.39. The number of benzene rings is 2. The number of hydrogen-bond acceptors (Lipinski definition) is 2. The highest BCUT2D eigenvalue weighted by molar-refractivity contribution is 7.86. The standard InChI is InChI=1S/C10H6ClO4S/c11-8-5-9(16(13,14)15)6-3-1-2-4-7(6)10(8)12/h1-5H,(H,13,14,15). The van der Waals surface area contributed by atoms with Crippen LogP contribution in [0.2, 0.25) is 5.02 Å². The van der Waals surface area contributed by atoms with Gasteiger partial charge in [0.1, 0.15) is 4.90 Å². The first-order valence-electron chi connectivity index (χ1n) is 4.27. The molecule has 0 aliphatic rings. The van der Waals surface area contributed by atoms with Crippen LogP contribution in [0, 0.1) is 0 Å². The third kappa shape index (κ3) is 1.73. The Labute approximate surface area is 96.8 Å². The number of fused-ring (bicyclic) bond motifs is 1. The largest absolute Gasteiger partial charge is 0.295 e. The summed E-state index contributed by atoms with van der Waals surface area (Å²) in [5, 5.41) is 11.7. The van der Waals surface area contributed by atoms with E-state index in [9.17, 15) is 13.5 Å². The minimum absolute atomic E-state index is 0.166. The van der Waals surface area contributed by atoms with Crippen LogP contribution in [0.25, 0.3) is 10.8 Å². The Morgan fingerprint density at radius 1 is 1.12 bits per heavy atom. The van der Waals surface area contributed by atoms with Gasteiger partial charge in [-0.05, 0) is 6.07 Å². The van der Waals surface area contributed by atoms with Crippen LogP contribution >= 0.6 is 11.6 Å². The van der Waals surface area contributed by atoms with Crippen LogP contribution in [0.5, 0.6) is 5.75 Å². The molecule has 0 bridgehead atoms. The average molecular weight is 258 g/mol. The molecule has 1 N–H and O–H groups in total. The number of rotatable bonds is 1. The highest BCUT2D eigenvalue weighted by atomic mass is 35.5. The van der Waals surface area contributed by atoms with E-state index in [1.165, 1.54) is 12.1 Å². The van der Waals surface area contributed by atoms with E-state index in [4.69, 9.17) is 16.2 Å². The Morgan fingerprint density at radius 3 is 2.25 bits per heavy atom. The van der Waals surface area contributed by atoms with E-state index in [0.717, 1.165) is 6.07 Å². The van der Waals surface area contributed by atoms with Gasteiger partial charge in [-0.2, -0.15) is 8.42 Å². The molecule has 2 aromatic rings. The van der Waals surface area contributed by atoms with Gasteiger partial charge in [-0.3, -0.25) is 9.66 Å². The maximum atomic E-state index is 11.6. The lowest BCUT2D eigenvalue weighted by Gasteiger charge is -2.05. The third-order valence-electron chi connectivity index (χ3n) is 2.19. The summed E-state index contributed by atoms with van der Waals surface area (Å²) in [5.41, 5.74) is 0. The second-order valence-electron chi connectivity index (χ2n) is 3.21. The maximum absolute atomic E-state index is 11.6. The van der Waals surface area contributed by atoms with Crippen molar-refractivity contribution in [2.45, 2.75) is 4.90 Å². The Morgan fingerprint density at radius 2 is 1.69 bits per heavy atom. The van der Waals surface area contributed by atoms with Crippen LogP contribution in [0.3, 0.4) is 0 Å². The molecule has 4 nitrogen and oxygen atoms in total. The van der Waals surface area contributed by atoms with Crippen LogP contribution in [0.15, 0.2) is 35.2 Å². The van der Waals surface area contributed by atoms with E-state index in [1.807, 2.05) is 0 Å². The van der Waals surface area contributed by atoms with Gasteiger partial charge >= 0.3 is 0 Å². The summed E-state index contributed by atoms with van der Waals surface area (Å²) < 4.78 is 31.2. The van der Waals surface area contributed by atoms with Gasteiger partial charge in [-0.15, -0.1) is 0 Å². The zero-order chi connectivity index (χ0) is 11.9. The summed E-state index contributed by atoms with van der Waals surface area (Å²) in [5.74, 6) is -0.454. The van der Waals surface area contributed by atoms with Crippen LogP contribution in [0.4, 0.5) is 0 Å².